The fourth-order valence-corrected chi connectivity index (χ4v) is 2.33. The Kier molecular flexibility index (Phi) is 4.79. The molecule has 25 heavy (non-hydrogen) atoms. The molecule has 2 N–H and O–H groups in total. The minimum atomic E-state index is -0.255. The van der Waals surface area contributed by atoms with Gasteiger partial charge in [0.05, 0.1) is 18.4 Å². The predicted octanol–water partition coefficient (Wildman–Crippen LogP) is 3.45. The number of rotatable bonds is 5. The van der Waals surface area contributed by atoms with Crippen LogP contribution >= 0.6 is 0 Å². The summed E-state index contributed by atoms with van der Waals surface area (Å²) in [5, 5.41) is 2.80. The van der Waals surface area contributed by atoms with Crippen molar-refractivity contribution in [2.45, 2.75) is 27.3 Å². The fourth-order valence-electron chi connectivity index (χ4n) is 2.33. The Labute approximate surface area is 146 Å². The van der Waals surface area contributed by atoms with Crippen molar-refractivity contribution < 1.29 is 9.53 Å². The summed E-state index contributed by atoms with van der Waals surface area (Å²) >= 11 is 0. The summed E-state index contributed by atoms with van der Waals surface area (Å²) in [6.07, 6.45) is 1.54. The summed E-state index contributed by atoms with van der Waals surface area (Å²) in [5.74, 6) is 1.82. The largest absolute Gasteiger partial charge is 0.455 e. The van der Waals surface area contributed by atoms with Gasteiger partial charge in [-0.1, -0.05) is 18.2 Å². The van der Waals surface area contributed by atoms with Crippen molar-refractivity contribution in [1.82, 2.24) is 20.3 Å². The topological polar surface area (TPSA) is 79.9 Å². The van der Waals surface area contributed by atoms with E-state index in [-0.39, 0.29) is 5.91 Å². The third-order valence-electron chi connectivity index (χ3n) is 3.88. The van der Waals surface area contributed by atoms with Gasteiger partial charge in [-0.15, -0.1) is 0 Å². The van der Waals surface area contributed by atoms with Crippen LogP contribution < -0.4 is 10.1 Å². The van der Waals surface area contributed by atoms with Gasteiger partial charge in [0.25, 0.3) is 5.91 Å². The molecule has 0 aliphatic carbocycles. The van der Waals surface area contributed by atoms with Crippen molar-refractivity contribution in [3.8, 4) is 11.5 Å². The van der Waals surface area contributed by atoms with E-state index in [1.165, 1.54) is 0 Å². The number of aromatic nitrogens is 3. The second kappa shape index (κ2) is 7.17. The Bertz CT molecular complexity index is 865. The van der Waals surface area contributed by atoms with E-state index in [1.54, 1.807) is 18.3 Å². The molecule has 0 radical (unpaired) electrons. The zero-order valence-electron chi connectivity index (χ0n) is 14.5. The van der Waals surface area contributed by atoms with Crippen LogP contribution in [0.4, 0.5) is 0 Å². The van der Waals surface area contributed by atoms with Crippen LogP contribution in [0.1, 0.15) is 33.3 Å². The Morgan fingerprint density at radius 1 is 1.16 bits per heavy atom. The van der Waals surface area contributed by atoms with Crippen LogP contribution in [0.3, 0.4) is 0 Å². The normalized spacial score (nSPS) is 10.5. The molecule has 3 rings (SSSR count). The maximum absolute atomic E-state index is 12.2. The maximum Gasteiger partial charge on any atom is 0.270 e. The van der Waals surface area contributed by atoms with E-state index in [1.807, 2.05) is 45.0 Å². The number of para-hydroxylation sites is 1. The lowest BCUT2D eigenvalue weighted by molar-refractivity contribution is 0.0945. The van der Waals surface area contributed by atoms with E-state index in [9.17, 15) is 4.79 Å². The number of H-pyrrole nitrogens is 1. The summed E-state index contributed by atoms with van der Waals surface area (Å²) in [6.45, 7) is 6.17. The van der Waals surface area contributed by atoms with Gasteiger partial charge in [0.2, 0.25) is 0 Å². The molecule has 6 heteroatoms. The van der Waals surface area contributed by atoms with Crippen molar-refractivity contribution in [2.24, 2.45) is 0 Å². The highest BCUT2D eigenvalue weighted by molar-refractivity contribution is 5.92. The molecule has 128 valence electrons. The van der Waals surface area contributed by atoms with Gasteiger partial charge in [0.1, 0.15) is 23.0 Å². The van der Waals surface area contributed by atoms with Crippen molar-refractivity contribution in [1.29, 1.82) is 0 Å². The average Bonchev–Trinajstić information content (AvgIpc) is 2.93. The van der Waals surface area contributed by atoms with Gasteiger partial charge >= 0.3 is 0 Å². The van der Waals surface area contributed by atoms with Gasteiger partial charge in [-0.3, -0.25) is 4.79 Å². The minimum Gasteiger partial charge on any atom is -0.455 e. The number of benzene rings is 1. The van der Waals surface area contributed by atoms with Gasteiger partial charge < -0.3 is 15.0 Å². The maximum atomic E-state index is 12.2. The molecule has 2 heterocycles. The molecule has 2 aromatic heterocycles. The van der Waals surface area contributed by atoms with Crippen LogP contribution in [0.15, 0.2) is 42.6 Å². The Morgan fingerprint density at radius 3 is 2.60 bits per heavy atom. The number of nitrogens with zero attached hydrogens (tertiary/aromatic N) is 2. The summed E-state index contributed by atoms with van der Waals surface area (Å²) in [4.78, 5) is 23.8. The molecule has 3 aromatic rings. The Balaban J connectivity index is 1.61. The molecule has 6 nitrogen and oxygen atoms in total. The number of ether oxygens (including phenoxy) is 1. The average molecular weight is 336 g/mol. The first kappa shape index (κ1) is 16.7. The number of amides is 1. The summed E-state index contributed by atoms with van der Waals surface area (Å²) in [6, 6.07) is 11.1. The number of imidazole rings is 1. The standard InChI is InChI=1S/C19H20N4O2/c1-12-6-4-5-7-17(12)25-15-8-9-16(20-10-15)19(24)21-11-18-22-13(2)14(3)23-18/h4-10H,11H2,1-3H3,(H,21,24)(H,22,23). The highest BCUT2D eigenvalue weighted by Gasteiger charge is 2.10. The summed E-state index contributed by atoms with van der Waals surface area (Å²) < 4.78 is 5.78. The van der Waals surface area contributed by atoms with E-state index < -0.39 is 0 Å². The molecule has 0 bridgehead atoms. The number of hydrogen-bond donors (Lipinski definition) is 2. The van der Waals surface area contributed by atoms with E-state index in [4.69, 9.17) is 4.74 Å². The second-order valence-corrected chi connectivity index (χ2v) is 5.82. The molecule has 0 spiro atoms. The molecule has 0 aliphatic heterocycles. The number of aryl methyl sites for hydroxylation is 3. The van der Waals surface area contributed by atoms with Gasteiger partial charge in [-0.2, -0.15) is 0 Å². The second-order valence-electron chi connectivity index (χ2n) is 5.82. The van der Waals surface area contributed by atoms with Gasteiger partial charge in [-0.05, 0) is 44.5 Å². The minimum absolute atomic E-state index is 0.255. The lowest BCUT2D eigenvalue weighted by atomic mass is 10.2. The molecule has 0 atom stereocenters. The van der Waals surface area contributed by atoms with Crippen LogP contribution in [0.5, 0.6) is 11.5 Å². The van der Waals surface area contributed by atoms with Gasteiger partial charge in [0, 0.05) is 5.69 Å². The first-order valence-corrected chi connectivity index (χ1v) is 8.03. The molecule has 0 fully saturated rings. The van der Waals surface area contributed by atoms with E-state index >= 15 is 0 Å². The Hall–Kier alpha value is -3.15. The molecule has 0 saturated carbocycles. The Morgan fingerprint density at radius 2 is 1.96 bits per heavy atom. The highest BCUT2D eigenvalue weighted by atomic mass is 16.5. The number of carbonyl (C=O) groups excluding carboxylic acids is 1. The van der Waals surface area contributed by atoms with Gasteiger partial charge in [-0.25, -0.2) is 9.97 Å². The van der Waals surface area contributed by atoms with Crippen LogP contribution in [-0.4, -0.2) is 20.9 Å². The molecule has 1 aromatic carbocycles. The van der Waals surface area contributed by atoms with Crippen LogP contribution in [0.2, 0.25) is 0 Å². The molecular weight excluding hydrogens is 316 g/mol. The first-order chi connectivity index (χ1) is 12.0. The van der Waals surface area contributed by atoms with Crippen LogP contribution in [-0.2, 0) is 6.54 Å². The lowest BCUT2D eigenvalue weighted by Crippen LogP contribution is -2.24. The zero-order valence-corrected chi connectivity index (χ0v) is 14.5. The molecule has 1 amide bonds. The summed E-state index contributed by atoms with van der Waals surface area (Å²) in [7, 11) is 0. The third kappa shape index (κ3) is 4.03. The van der Waals surface area contributed by atoms with E-state index in [2.05, 4.69) is 20.3 Å². The van der Waals surface area contributed by atoms with Crippen molar-refractivity contribution in [3.63, 3.8) is 0 Å². The fraction of sp³-hybridized carbons (Fsp3) is 0.211. The number of nitrogens with one attached hydrogen (secondary N) is 2. The van der Waals surface area contributed by atoms with Gasteiger partial charge in [0.15, 0.2) is 0 Å². The first-order valence-electron chi connectivity index (χ1n) is 8.03. The molecule has 0 unspecified atom stereocenters. The number of pyridine rings is 1. The summed E-state index contributed by atoms with van der Waals surface area (Å²) in [5.41, 5.74) is 3.30. The van der Waals surface area contributed by atoms with Crippen LogP contribution in [0.25, 0.3) is 0 Å². The third-order valence-corrected chi connectivity index (χ3v) is 3.88. The van der Waals surface area contributed by atoms with Crippen molar-refractivity contribution in [3.05, 3.63) is 71.1 Å². The quantitative estimate of drug-likeness (QED) is 0.748. The van der Waals surface area contributed by atoms with E-state index in [0.717, 1.165) is 28.5 Å². The van der Waals surface area contributed by atoms with Crippen molar-refractivity contribution >= 4 is 5.91 Å². The van der Waals surface area contributed by atoms with Crippen LogP contribution in [0, 0.1) is 20.8 Å². The number of carbonyl (C=O) groups is 1. The highest BCUT2D eigenvalue weighted by Crippen LogP contribution is 2.23. The molecule has 0 saturated heterocycles. The lowest BCUT2D eigenvalue weighted by Gasteiger charge is -2.08. The monoisotopic (exact) mass is 336 g/mol. The smallest absolute Gasteiger partial charge is 0.270 e. The zero-order chi connectivity index (χ0) is 17.8. The van der Waals surface area contributed by atoms with E-state index in [0.29, 0.717) is 18.0 Å². The molecular formula is C19H20N4O2. The number of hydrogen-bond acceptors (Lipinski definition) is 4. The predicted molar refractivity (Wildman–Crippen MR) is 94.7 cm³/mol. The molecule has 0 aliphatic rings. The SMILES string of the molecule is Cc1ccccc1Oc1ccc(C(=O)NCc2nc(C)c(C)[nH]2)nc1. The van der Waals surface area contributed by atoms with Crippen molar-refractivity contribution in [2.75, 3.05) is 0 Å². The number of aromatic amines is 1.